The van der Waals surface area contributed by atoms with Crippen molar-refractivity contribution in [2.75, 3.05) is 19.6 Å². The zero-order valence-corrected chi connectivity index (χ0v) is 16.7. The molecule has 0 aliphatic carbocycles. The number of aryl methyl sites for hydroxylation is 2. The van der Waals surface area contributed by atoms with Gasteiger partial charge in [-0.25, -0.2) is 0 Å². The molecule has 1 aliphatic rings. The van der Waals surface area contributed by atoms with Crippen LogP contribution in [0.25, 0.3) is 0 Å². The van der Waals surface area contributed by atoms with Crippen LogP contribution in [0.15, 0.2) is 54.6 Å². The standard InChI is InChI=1S/C24H30N2O2/c1-19-8-5-6-12-22(19)18-23(27)26-16-13-21(14-17-26)24(28)25-15-7-11-20-9-3-2-4-10-20/h2-6,8-10,12,21H,7,11,13-18H2,1H3,(H,25,28). The maximum Gasteiger partial charge on any atom is 0.226 e. The number of carbonyl (C=O) groups excluding carboxylic acids is 2. The average Bonchev–Trinajstić information content (AvgIpc) is 2.73. The minimum Gasteiger partial charge on any atom is -0.356 e. The third kappa shape index (κ3) is 5.69. The summed E-state index contributed by atoms with van der Waals surface area (Å²) in [5, 5.41) is 3.07. The maximum atomic E-state index is 12.6. The molecule has 1 heterocycles. The lowest BCUT2D eigenvalue weighted by Crippen LogP contribution is -2.43. The first-order chi connectivity index (χ1) is 13.6. The number of hydrogen-bond acceptors (Lipinski definition) is 2. The highest BCUT2D eigenvalue weighted by Crippen LogP contribution is 2.19. The molecule has 1 aliphatic heterocycles. The highest BCUT2D eigenvalue weighted by Gasteiger charge is 2.27. The van der Waals surface area contributed by atoms with E-state index in [0.29, 0.717) is 26.1 Å². The smallest absolute Gasteiger partial charge is 0.226 e. The summed E-state index contributed by atoms with van der Waals surface area (Å²) in [5.41, 5.74) is 3.55. The van der Waals surface area contributed by atoms with Crippen molar-refractivity contribution >= 4 is 11.8 Å². The summed E-state index contributed by atoms with van der Waals surface area (Å²) in [6.45, 7) is 4.09. The van der Waals surface area contributed by atoms with E-state index in [-0.39, 0.29) is 17.7 Å². The van der Waals surface area contributed by atoms with Gasteiger partial charge in [0.2, 0.25) is 11.8 Å². The van der Waals surface area contributed by atoms with Gasteiger partial charge in [-0.1, -0.05) is 54.6 Å². The van der Waals surface area contributed by atoms with Crippen molar-refractivity contribution in [3.63, 3.8) is 0 Å². The van der Waals surface area contributed by atoms with Crippen LogP contribution in [-0.2, 0) is 22.4 Å². The van der Waals surface area contributed by atoms with Crippen molar-refractivity contribution in [3.8, 4) is 0 Å². The second kappa shape index (κ2) is 10.1. The molecule has 2 amide bonds. The van der Waals surface area contributed by atoms with Crippen molar-refractivity contribution in [1.82, 2.24) is 10.2 Å². The fraction of sp³-hybridized carbons (Fsp3) is 0.417. The molecule has 1 N–H and O–H groups in total. The van der Waals surface area contributed by atoms with Crippen LogP contribution in [-0.4, -0.2) is 36.3 Å². The van der Waals surface area contributed by atoms with E-state index >= 15 is 0 Å². The minimum absolute atomic E-state index is 0.0271. The minimum atomic E-state index is 0.0271. The van der Waals surface area contributed by atoms with Crippen LogP contribution in [0, 0.1) is 12.8 Å². The highest BCUT2D eigenvalue weighted by molar-refractivity contribution is 5.81. The van der Waals surface area contributed by atoms with Gasteiger partial charge in [0.15, 0.2) is 0 Å². The number of benzene rings is 2. The van der Waals surface area contributed by atoms with Gasteiger partial charge in [-0.3, -0.25) is 9.59 Å². The molecule has 148 valence electrons. The molecule has 0 saturated carbocycles. The van der Waals surface area contributed by atoms with Gasteiger partial charge in [0.1, 0.15) is 0 Å². The summed E-state index contributed by atoms with van der Waals surface area (Å²) in [5.74, 6) is 0.328. The van der Waals surface area contributed by atoms with Crippen molar-refractivity contribution in [3.05, 3.63) is 71.3 Å². The normalized spacial score (nSPS) is 14.7. The quantitative estimate of drug-likeness (QED) is 0.750. The molecule has 0 spiro atoms. The molecular formula is C24H30N2O2. The van der Waals surface area contributed by atoms with Gasteiger partial charge in [0.25, 0.3) is 0 Å². The van der Waals surface area contributed by atoms with E-state index in [9.17, 15) is 9.59 Å². The lowest BCUT2D eigenvalue weighted by atomic mass is 9.95. The van der Waals surface area contributed by atoms with Gasteiger partial charge in [-0.2, -0.15) is 0 Å². The van der Waals surface area contributed by atoms with Crippen LogP contribution < -0.4 is 5.32 Å². The first-order valence-corrected chi connectivity index (χ1v) is 10.3. The van der Waals surface area contributed by atoms with E-state index in [1.54, 1.807) is 0 Å². The molecule has 0 unspecified atom stereocenters. The molecule has 28 heavy (non-hydrogen) atoms. The molecule has 4 nitrogen and oxygen atoms in total. The van der Waals surface area contributed by atoms with Crippen LogP contribution in [0.1, 0.15) is 36.0 Å². The molecule has 2 aromatic carbocycles. The molecule has 1 saturated heterocycles. The Hall–Kier alpha value is -2.62. The summed E-state index contributed by atoms with van der Waals surface area (Å²) < 4.78 is 0. The largest absolute Gasteiger partial charge is 0.356 e. The van der Waals surface area contributed by atoms with E-state index in [1.165, 1.54) is 5.56 Å². The molecule has 4 heteroatoms. The first-order valence-electron chi connectivity index (χ1n) is 10.3. The third-order valence-corrected chi connectivity index (χ3v) is 5.61. The van der Waals surface area contributed by atoms with Crippen LogP contribution in [0.5, 0.6) is 0 Å². The predicted octanol–water partition coefficient (Wildman–Crippen LogP) is 3.53. The lowest BCUT2D eigenvalue weighted by Gasteiger charge is -2.31. The van der Waals surface area contributed by atoms with Gasteiger partial charge < -0.3 is 10.2 Å². The average molecular weight is 379 g/mol. The van der Waals surface area contributed by atoms with Crippen molar-refractivity contribution in [2.45, 2.75) is 39.0 Å². The Morgan fingerprint density at radius 1 is 1.00 bits per heavy atom. The Morgan fingerprint density at radius 3 is 2.39 bits per heavy atom. The molecule has 3 rings (SSSR count). The van der Waals surface area contributed by atoms with Gasteiger partial charge in [0.05, 0.1) is 6.42 Å². The number of likely N-dealkylation sites (tertiary alicyclic amines) is 1. The predicted molar refractivity (Wildman–Crippen MR) is 112 cm³/mol. The monoisotopic (exact) mass is 378 g/mol. The maximum absolute atomic E-state index is 12.6. The zero-order chi connectivity index (χ0) is 19.8. The Labute approximate surface area is 167 Å². The number of nitrogens with zero attached hydrogens (tertiary/aromatic N) is 1. The van der Waals surface area contributed by atoms with Gasteiger partial charge >= 0.3 is 0 Å². The third-order valence-electron chi connectivity index (χ3n) is 5.61. The molecular weight excluding hydrogens is 348 g/mol. The Balaban J connectivity index is 1.36. The number of carbonyl (C=O) groups is 2. The van der Waals surface area contributed by atoms with Crippen molar-refractivity contribution in [2.24, 2.45) is 5.92 Å². The van der Waals surface area contributed by atoms with Crippen molar-refractivity contribution in [1.29, 1.82) is 0 Å². The van der Waals surface area contributed by atoms with Gasteiger partial charge in [-0.05, 0) is 49.3 Å². The Kier molecular flexibility index (Phi) is 7.24. The summed E-state index contributed by atoms with van der Waals surface area (Å²) >= 11 is 0. The zero-order valence-electron chi connectivity index (χ0n) is 16.7. The van der Waals surface area contributed by atoms with Crippen LogP contribution in [0.4, 0.5) is 0 Å². The fourth-order valence-corrected chi connectivity index (χ4v) is 3.77. The van der Waals surface area contributed by atoms with Crippen LogP contribution >= 0.6 is 0 Å². The van der Waals surface area contributed by atoms with E-state index in [0.717, 1.165) is 36.8 Å². The molecule has 2 aromatic rings. The van der Waals surface area contributed by atoms with E-state index < -0.39 is 0 Å². The van der Waals surface area contributed by atoms with Crippen molar-refractivity contribution < 1.29 is 9.59 Å². The molecule has 1 fully saturated rings. The van der Waals surface area contributed by atoms with Gasteiger partial charge in [0, 0.05) is 25.6 Å². The lowest BCUT2D eigenvalue weighted by molar-refractivity contribution is -0.135. The first kappa shape index (κ1) is 20.1. The molecule has 0 atom stereocenters. The number of nitrogens with one attached hydrogen (secondary N) is 1. The Bertz CT molecular complexity index is 780. The number of hydrogen-bond donors (Lipinski definition) is 1. The summed E-state index contributed by atoms with van der Waals surface area (Å²) in [6.07, 6.45) is 3.88. The SMILES string of the molecule is Cc1ccccc1CC(=O)N1CCC(C(=O)NCCCc2ccccc2)CC1. The topological polar surface area (TPSA) is 49.4 Å². The molecule has 0 radical (unpaired) electrons. The molecule has 0 aromatic heterocycles. The highest BCUT2D eigenvalue weighted by atomic mass is 16.2. The van der Waals surface area contributed by atoms with Crippen LogP contribution in [0.2, 0.25) is 0 Å². The van der Waals surface area contributed by atoms with Gasteiger partial charge in [-0.15, -0.1) is 0 Å². The number of rotatable bonds is 7. The van der Waals surface area contributed by atoms with E-state index in [4.69, 9.17) is 0 Å². The summed E-state index contributed by atoms with van der Waals surface area (Å²) in [6, 6.07) is 18.4. The molecule has 0 bridgehead atoms. The summed E-state index contributed by atoms with van der Waals surface area (Å²) in [4.78, 5) is 26.9. The Morgan fingerprint density at radius 2 is 1.68 bits per heavy atom. The van der Waals surface area contributed by atoms with Crippen LogP contribution in [0.3, 0.4) is 0 Å². The second-order valence-corrected chi connectivity index (χ2v) is 7.64. The number of piperidine rings is 1. The van der Waals surface area contributed by atoms with E-state index in [1.807, 2.05) is 54.3 Å². The van der Waals surface area contributed by atoms with E-state index in [2.05, 4.69) is 17.4 Å². The fourth-order valence-electron chi connectivity index (χ4n) is 3.77. The number of amides is 2. The second-order valence-electron chi connectivity index (χ2n) is 7.64. The summed E-state index contributed by atoms with van der Waals surface area (Å²) in [7, 11) is 0.